The molecular weight excluding hydrogens is 440 g/mol. The number of benzene rings is 1. The molecule has 2 fully saturated rings. The summed E-state index contributed by atoms with van der Waals surface area (Å²) in [6.45, 7) is 4.76. The Morgan fingerprint density at radius 3 is 2.23 bits per heavy atom. The molecule has 2 aliphatic heterocycles. The van der Waals surface area contributed by atoms with Crippen molar-refractivity contribution in [2.45, 2.75) is 0 Å². The predicted molar refractivity (Wildman–Crippen MR) is 122 cm³/mol. The summed E-state index contributed by atoms with van der Waals surface area (Å²) in [5.41, 5.74) is 1.73. The maximum absolute atomic E-state index is 12.4. The zero-order chi connectivity index (χ0) is 22.0. The summed E-state index contributed by atoms with van der Waals surface area (Å²) in [5, 5.41) is 0.666. The van der Waals surface area contributed by atoms with E-state index in [0.717, 1.165) is 36.0 Å². The second kappa shape index (κ2) is 9.25. The van der Waals surface area contributed by atoms with Crippen molar-refractivity contribution in [2.24, 2.45) is 0 Å². The molecule has 0 bridgehead atoms. The number of anilines is 2. The average Bonchev–Trinajstić information content (AvgIpc) is 2.80. The highest BCUT2D eigenvalue weighted by molar-refractivity contribution is 7.86. The largest absolute Gasteiger partial charge is 0.378 e. The minimum atomic E-state index is -3.41. The Morgan fingerprint density at radius 2 is 1.61 bits per heavy atom. The number of halogens is 1. The Balaban J connectivity index is 1.61. The van der Waals surface area contributed by atoms with Gasteiger partial charge in [-0.15, -0.1) is 0 Å². The summed E-state index contributed by atoms with van der Waals surface area (Å²) in [5.74, 6) is 1.56. The fourth-order valence-corrected chi connectivity index (χ4v) is 4.93. The van der Waals surface area contributed by atoms with E-state index in [-0.39, 0.29) is 0 Å². The molecule has 168 valence electrons. The van der Waals surface area contributed by atoms with Gasteiger partial charge in [-0.05, 0) is 12.1 Å². The average molecular weight is 467 g/mol. The van der Waals surface area contributed by atoms with E-state index in [1.165, 1.54) is 8.61 Å². The van der Waals surface area contributed by atoms with Crippen LogP contribution in [-0.4, -0.2) is 93.6 Å². The molecule has 0 N–H and O–H groups in total. The van der Waals surface area contributed by atoms with E-state index < -0.39 is 10.2 Å². The van der Waals surface area contributed by atoms with Crippen LogP contribution in [0.25, 0.3) is 11.3 Å². The Bertz CT molecular complexity index is 1000. The van der Waals surface area contributed by atoms with Crippen molar-refractivity contribution in [1.29, 1.82) is 0 Å². The minimum Gasteiger partial charge on any atom is -0.378 e. The Hall–Kier alpha value is -1.98. The molecule has 0 atom stereocenters. The molecule has 2 saturated heterocycles. The lowest BCUT2D eigenvalue weighted by atomic mass is 10.1. The molecule has 2 aromatic rings. The van der Waals surface area contributed by atoms with Gasteiger partial charge in [0, 0.05) is 63.9 Å². The maximum Gasteiger partial charge on any atom is 0.281 e. The number of hydrogen-bond donors (Lipinski definition) is 0. The molecule has 0 radical (unpaired) electrons. The van der Waals surface area contributed by atoms with Gasteiger partial charge in [0.05, 0.1) is 19.4 Å². The number of ether oxygens (including phenoxy) is 1. The van der Waals surface area contributed by atoms with Gasteiger partial charge in [-0.2, -0.15) is 17.0 Å². The zero-order valence-corrected chi connectivity index (χ0v) is 19.3. The summed E-state index contributed by atoms with van der Waals surface area (Å²) in [6.07, 6.45) is 1.78. The van der Waals surface area contributed by atoms with Crippen LogP contribution in [0.3, 0.4) is 0 Å². The molecule has 0 amide bonds. The highest BCUT2D eigenvalue weighted by Gasteiger charge is 2.29. The summed E-state index contributed by atoms with van der Waals surface area (Å²) < 4.78 is 33.0. The van der Waals surface area contributed by atoms with Crippen molar-refractivity contribution in [1.82, 2.24) is 18.6 Å². The molecule has 1 aromatic carbocycles. The molecule has 31 heavy (non-hydrogen) atoms. The van der Waals surface area contributed by atoms with Gasteiger partial charge < -0.3 is 14.5 Å². The quantitative estimate of drug-likeness (QED) is 0.661. The number of morpholine rings is 1. The number of aromatic nitrogens is 2. The van der Waals surface area contributed by atoms with Gasteiger partial charge >= 0.3 is 0 Å². The van der Waals surface area contributed by atoms with Gasteiger partial charge in [-0.25, -0.2) is 9.97 Å². The van der Waals surface area contributed by atoms with E-state index in [0.29, 0.717) is 44.4 Å². The van der Waals surface area contributed by atoms with Crippen LogP contribution >= 0.6 is 11.6 Å². The smallest absolute Gasteiger partial charge is 0.281 e. The molecule has 0 unspecified atom stereocenters. The number of rotatable bonds is 5. The van der Waals surface area contributed by atoms with Crippen LogP contribution in [0.5, 0.6) is 0 Å². The summed E-state index contributed by atoms with van der Waals surface area (Å²) in [6, 6.07) is 7.59. The summed E-state index contributed by atoms with van der Waals surface area (Å²) >= 11 is 6.08. The third-order valence-corrected chi connectivity index (χ3v) is 7.71. The van der Waals surface area contributed by atoms with Crippen LogP contribution in [0.4, 0.5) is 11.6 Å². The molecule has 0 spiro atoms. The number of nitrogens with zero attached hydrogens (tertiary/aromatic N) is 6. The van der Waals surface area contributed by atoms with Crippen molar-refractivity contribution >= 4 is 33.4 Å². The molecular formula is C20H27ClN6O3S. The normalized spacial score (nSPS) is 18.6. The van der Waals surface area contributed by atoms with Crippen LogP contribution < -0.4 is 9.80 Å². The van der Waals surface area contributed by atoms with E-state index in [2.05, 4.69) is 9.80 Å². The summed E-state index contributed by atoms with van der Waals surface area (Å²) in [7, 11) is -0.306. The molecule has 4 rings (SSSR count). The lowest BCUT2D eigenvalue weighted by Gasteiger charge is -2.36. The summed E-state index contributed by atoms with van der Waals surface area (Å²) in [4.78, 5) is 14.0. The standard InChI is InChI=1S/C20H27ClN6O3S/c1-24(2)31(28,29)27-9-7-25(8-10-27)18-15-22-20(26-11-13-30-14-12-26)19(23-18)16-3-5-17(21)6-4-16/h3-6,15H,7-14H2,1-2H3. The fourth-order valence-electron chi connectivity index (χ4n) is 3.71. The zero-order valence-electron chi connectivity index (χ0n) is 17.7. The van der Waals surface area contributed by atoms with E-state index in [1.54, 1.807) is 20.3 Å². The lowest BCUT2D eigenvalue weighted by molar-refractivity contribution is 0.122. The number of hydrogen-bond acceptors (Lipinski definition) is 7. The van der Waals surface area contributed by atoms with Gasteiger partial charge in [-0.1, -0.05) is 23.7 Å². The van der Waals surface area contributed by atoms with E-state index in [1.807, 2.05) is 24.3 Å². The van der Waals surface area contributed by atoms with Gasteiger partial charge in [0.1, 0.15) is 11.5 Å². The Kier molecular flexibility index (Phi) is 6.63. The molecule has 0 aliphatic carbocycles. The van der Waals surface area contributed by atoms with Crippen molar-refractivity contribution < 1.29 is 13.2 Å². The van der Waals surface area contributed by atoms with Crippen molar-refractivity contribution in [3.8, 4) is 11.3 Å². The number of piperazine rings is 1. The van der Waals surface area contributed by atoms with Gasteiger partial charge in [0.15, 0.2) is 5.82 Å². The Morgan fingerprint density at radius 1 is 0.968 bits per heavy atom. The SMILES string of the molecule is CN(C)S(=O)(=O)N1CCN(c2cnc(N3CCOCC3)c(-c3ccc(Cl)cc3)n2)CC1. The van der Waals surface area contributed by atoms with Gasteiger partial charge in [0.2, 0.25) is 0 Å². The second-order valence-electron chi connectivity index (χ2n) is 7.68. The third kappa shape index (κ3) is 4.78. The molecule has 3 heterocycles. The van der Waals surface area contributed by atoms with Crippen LogP contribution in [-0.2, 0) is 14.9 Å². The maximum atomic E-state index is 12.4. The first-order valence-electron chi connectivity index (χ1n) is 10.2. The Labute approximate surface area is 188 Å². The predicted octanol–water partition coefficient (Wildman–Crippen LogP) is 1.56. The van der Waals surface area contributed by atoms with E-state index in [9.17, 15) is 8.42 Å². The monoisotopic (exact) mass is 466 g/mol. The molecule has 1 aromatic heterocycles. The van der Waals surface area contributed by atoms with Crippen LogP contribution in [0, 0.1) is 0 Å². The van der Waals surface area contributed by atoms with Crippen molar-refractivity contribution in [3.63, 3.8) is 0 Å². The first kappa shape index (κ1) is 22.2. The minimum absolute atomic E-state index is 0.406. The topological polar surface area (TPSA) is 82.1 Å². The van der Waals surface area contributed by atoms with Crippen LogP contribution in [0.2, 0.25) is 5.02 Å². The first-order chi connectivity index (χ1) is 14.9. The van der Waals surface area contributed by atoms with Crippen LogP contribution in [0.15, 0.2) is 30.5 Å². The van der Waals surface area contributed by atoms with Gasteiger partial charge in [-0.3, -0.25) is 0 Å². The van der Waals surface area contributed by atoms with Gasteiger partial charge in [0.25, 0.3) is 10.2 Å². The molecule has 11 heteroatoms. The van der Waals surface area contributed by atoms with Crippen molar-refractivity contribution in [3.05, 3.63) is 35.5 Å². The van der Waals surface area contributed by atoms with E-state index in [4.69, 9.17) is 26.3 Å². The second-order valence-corrected chi connectivity index (χ2v) is 10.3. The first-order valence-corrected chi connectivity index (χ1v) is 12.0. The van der Waals surface area contributed by atoms with Crippen molar-refractivity contribution in [2.75, 3.05) is 76.4 Å². The molecule has 0 saturated carbocycles. The lowest BCUT2D eigenvalue weighted by Crippen LogP contribution is -2.52. The van der Waals surface area contributed by atoms with Crippen LogP contribution in [0.1, 0.15) is 0 Å². The fraction of sp³-hybridized carbons (Fsp3) is 0.500. The molecule has 9 nitrogen and oxygen atoms in total. The van der Waals surface area contributed by atoms with E-state index >= 15 is 0 Å². The highest BCUT2D eigenvalue weighted by Crippen LogP contribution is 2.31. The highest BCUT2D eigenvalue weighted by atomic mass is 35.5. The third-order valence-electron chi connectivity index (χ3n) is 5.52. The molecule has 2 aliphatic rings.